The molecule has 0 bridgehead atoms. The molecule has 1 N–H and O–H groups in total. The molecule has 0 unspecified atom stereocenters. The molecule has 4 nitrogen and oxygen atoms in total. The predicted octanol–water partition coefficient (Wildman–Crippen LogP) is 3.52. The molecule has 112 valence electrons. The first-order valence-corrected chi connectivity index (χ1v) is 7.64. The number of aromatic nitrogens is 1. The highest BCUT2D eigenvalue weighted by atomic mass is 35.5. The first-order chi connectivity index (χ1) is 10.1. The van der Waals surface area contributed by atoms with Crippen LogP contribution in [0.4, 0.5) is 5.82 Å². The highest BCUT2D eigenvalue weighted by molar-refractivity contribution is 6.31. The van der Waals surface area contributed by atoms with Gasteiger partial charge in [0, 0.05) is 25.8 Å². The number of furan rings is 1. The van der Waals surface area contributed by atoms with Crippen LogP contribution in [0, 0.1) is 6.92 Å². The summed E-state index contributed by atoms with van der Waals surface area (Å²) in [5, 5.41) is 4.20. The molecule has 0 atom stereocenters. The van der Waals surface area contributed by atoms with Crippen LogP contribution < -0.4 is 10.2 Å². The monoisotopic (exact) mass is 305 g/mol. The van der Waals surface area contributed by atoms with Gasteiger partial charge in [0.15, 0.2) is 0 Å². The Labute approximate surface area is 130 Å². The van der Waals surface area contributed by atoms with Crippen molar-refractivity contribution in [1.29, 1.82) is 0 Å². The van der Waals surface area contributed by atoms with E-state index in [9.17, 15) is 0 Å². The number of nitrogens with zero attached hydrogens (tertiary/aromatic N) is 2. The Morgan fingerprint density at radius 3 is 2.90 bits per heavy atom. The zero-order valence-corrected chi connectivity index (χ0v) is 13.2. The zero-order valence-electron chi connectivity index (χ0n) is 12.4. The van der Waals surface area contributed by atoms with E-state index in [4.69, 9.17) is 16.0 Å². The molecule has 0 amide bonds. The summed E-state index contributed by atoms with van der Waals surface area (Å²) in [6.45, 7) is 3.44. The third kappa shape index (κ3) is 3.77. The third-order valence-corrected chi connectivity index (χ3v) is 4.00. The topological polar surface area (TPSA) is 41.3 Å². The van der Waals surface area contributed by atoms with Gasteiger partial charge in [-0.1, -0.05) is 11.6 Å². The van der Waals surface area contributed by atoms with E-state index in [-0.39, 0.29) is 0 Å². The van der Waals surface area contributed by atoms with Crippen LogP contribution in [0.1, 0.15) is 29.9 Å². The molecule has 1 aliphatic rings. The van der Waals surface area contributed by atoms with Gasteiger partial charge in [-0.25, -0.2) is 4.98 Å². The number of hydrogen-bond donors (Lipinski definition) is 1. The Morgan fingerprint density at radius 1 is 1.43 bits per heavy atom. The fraction of sp³-hybridized carbons (Fsp3) is 0.438. The molecule has 0 radical (unpaired) electrons. The van der Waals surface area contributed by atoms with Gasteiger partial charge in [-0.15, -0.1) is 0 Å². The lowest BCUT2D eigenvalue weighted by Gasteiger charge is -2.18. The van der Waals surface area contributed by atoms with Gasteiger partial charge in [0.1, 0.15) is 17.3 Å². The Morgan fingerprint density at radius 2 is 2.24 bits per heavy atom. The molecule has 0 aliphatic heterocycles. The molecular weight excluding hydrogens is 286 g/mol. The van der Waals surface area contributed by atoms with E-state index in [2.05, 4.69) is 15.2 Å². The van der Waals surface area contributed by atoms with Gasteiger partial charge in [0.25, 0.3) is 0 Å². The summed E-state index contributed by atoms with van der Waals surface area (Å²) < 4.78 is 5.61. The van der Waals surface area contributed by atoms with Crippen LogP contribution in [0.3, 0.4) is 0 Å². The molecule has 3 rings (SSSR count). The number of anilines is 1. The van der Waals surface area contributed by atoms with Crippen LogP contribution in [0.5, 0.6) is 0 Å². The SMILES string of the molecule is Cc1ccc(CN(C)c2cc(CNC3CC3)c(Cl)cn2)o1. The van der Waals surface area contributed by atoms with Crippen LogP contribution in [0.15, 0.2) is 28.8 Å². The number of pyridine rings is 1. The van der Waals surface area contributed by atoms with E-state index < -0.39 is 0 Å². The average molecular weight is 306 g/mol. The highest BCUT2D eigenvalue weighted by Crippen LogP contribution is 2.24. The van der Waals surface area contributed by atoms with Crippen LogP contribution >= 0.6 is 11.6 Å². The Balaban J connectivity index is 1.69. The molecule has 0 saturated heterocycles. The second-order valence-corrected chi connectivity index (χ2v) is 6.06. The number of aryl methyl sites for hydroxylation is 1. The van der Waals surface area contributed by atoms with Crippen molar-refractivity contribution < 1.29 is 4.42 Å². The minimum absolute atomic E-state index is 0.668. The van der Waals surface area contributed by atoms with Crippen molar-refractivity contribution in [2.75, 3.05) is 11.9 Å². The number of rotatable bonds is 6. The first-order valence-electron chi connectivity index (χ1n) is 7.26. The van der Waals surface area contributed by atoms with Crippen LogP contribution in [0.2, 0.25) is 5.02 Å². The van der Waals surface area contributed by atoms with Crippen molar-refractivity contribution in [1.82, 2.24) is 10.3 Å². The summed E-state index contributed by atoms with van der Waals surface area (Å²) in [6, 6.07) is 6.69. The summed E-state index contributed by atoms with van der Waals surface area (Å²) in [6.07, 6.45) is 4.27. The van der Waals surface area contributed by atoms with Crippen LogP contribution in [0.25, 0.3) is 0 Å². The number of hydrogen-bond acceptors (Lipinski definition) is 4. The van der Waals surface area contributed by atoms with Crippen LogP contribution in [-0.2, 0) is 13.1 Å². The maximum atomic E-state index is 6.23. The largest absolute Gasteiger partial charge is 0.464 e. The van der Waals surface area contributed by atoms with E-state index in [1.807, 2.05) is 32.2 Å². The number of halogens is 1. The van der Waals surface area contributed by atoms with Gasteiger partial charge >= 0.3 is 0 Å². The molecular formula is C16H20ClN3O. The summed E-state index contributed by atoms with van der Waals surface area (Å²) >= 11 is 6.23. The van der Waals surface area contributed by atoms with Gasteiger partial charge in [-0.3, -0.25) is 0 Å². The molecule has 0 aromatic carbocycles. The standard InChI is InChI=1S/C16H20ClN3O/c1-11-3-6-14(21-11)10-20(2)16-7-12(15(17)9-19-16)8-18-13-4-5-13/h3,6-7,9,13,18H,4-5,8,10H2,1-2H3. The molecule has 2 heterocycles. The van der Waals surface area contributed by atoms with Gasteiger partial charge < -0.3 is 14.6 Å². The Kier molecular flexibility index (Phi) is 4.17. The van der Waals surface area contributed by atoms with Gasteiger partial charge in [-0.2, -0.15) is 0 Å². The second-order valence-electron chi connectivity index (χ2n) is 5.66. The Bertz CT molecular complexity index is 622. The lowest BCUT2D eigenvalue weighted by molar-refractivity contribution is 0.481. The van der Waals surface area contributed by atoms with Gasteiger partial charge in [0.2, 0.25) is 0 Å². The maximum absolute atomic E-state index is 6.23. The molecule has 2 aromatic heterocycles. The molecule has 1 saturated carbocycles. The molecule has 1 fully saturated rings. The highest BCUT2D eigenvalue weighted by Gasteiger charge is 2.20. The minimum Gasteiger partial charge on any atom is -0.464 e. The van der Waals surface area contributed by atoms with E-state index in [1.165, 1.54) is 12.8 Å². The van der Waals surface area contributed by atoms with Crippen molar-refractivity contribution in [3.63, 3.8) is 0 Å². The number of nitrogens with one attached hydrogen (secondary N) is 1. The summed E-state index contributed by atoms with van der Waals surface area (Å²) in [4.78, 5) is 6.47. The quantitative estimate of drug-likeness (QED) is 0.886. The van der Waals surface area contributed by atoms with E-state index in [0.29, 0.717) is 17.6 Å². The van der Waals surface area contributed by atoms with E-state index in [1.54, 1.807) is 6.20 Å². The second kappa shape index (κ2) is 6.08. The fourth-order valence-corrected chi connectivity index (χ4v) is 2.41. The van der Waals surface area contributed by atoms with Gasteiger partial charge in [-0.05, 0) is 43.5 Å². The summed E-state index contributed by atoms with van der Waals surface area (Å²) in [5.41, 5.74) is 1.09. The van der Waals surface area contributed by atoms with Crippen molar-refractivity contribution in [3.8, 4) is 0 Å². The third-order valence-electron chi connectivity index (χ3n) is 3.66. The lowest BCUT2D eigenvalue weighted by atomic mass is 10.2. The van der Waals surface area contributed by atoms with E-state index >= 15 is 0 Å². The van der Waals surface area contributed by atoms with Gasteiger partial charge in [0.05, 0.1) is 11.6 Å². The maximum Gasteiger partial charge on any atom is 0.129 e. The van der Waals surface area contributed by atoms with Crippen molar-refractivity contribution in [2.24, 2.45) is 0 Å². The minimum atomic E-state index is 0.668. The summed E-state index contributed by atoms with van der Waals surface area (Å²) in [5.74, 6) is 2.77. The lowest BCUT2D eigenvalue weighted by Crippen LogP contribution is -2.19. The Hall–Kier alpha value is -1.52. The van der Waals surface area contributed by atoms with Crippen molar-refractivity contribution in [2.45, 2.75) is 38.9 Å². The van der Waals surface area contributed by atoms with Crippen molar-refractivity contribution in [3.05, 3.63) is 46.5 Å². The molecule has 2 aromatic rings. The molecule has 21 heavy (non-hydrogen) atoms. The van der Waals surface area contributed by atoms with E-state index in [0.717, 1.165) is 29.4 Å². The molecule has 0 spiro atoms. The predicted molar refractivity (Wildman–Crippen MR) is 84.7 cm³/mol. The first kappa shape index (κ1) is 14.4. The van der Waals surface area contributed by atoms with Crippen molar-refractivity contribution >= 4 is 17.4 Å². The normalized spacial score (nSPS) is 14.4. The summed E-state index contributed by atoms with van der Waals surface area (Å²) in [7, 11) is 2.01. The average Bonchev–Trinajstić information content (AvgIpc) is 3.20. The smallest absolute Gasteiger partial charge is 0.129 e. The molecule has 1 aliphatic carbocycles. The van der Waals surface area contributed by atoms with Crippen LogP contribution in [-0.4, -0.2) is 18.1 Å². The molecule has 5 heteroatoms. The fourth-order valence-electron chi connectivity index (χ4n) is 2.24. The zero-order chi connectivity index (χ0) is 14.8.